The smallest absolute Gasteiger partial charge is 0.208 e. The summed E-state index contributed by atoms with van der Waals surface area (Å²) in [6.07, 6.45) is 3.06. The molecule has 0 spiro atoms. The lowest BCUT2D eigenvalue weighted by molar-refractivity contribution is 0.154. The molecular weight excluding hydrogens is 324 g/mol. The lowest BCUT2D eigenvalue weighted by Gasteiger charge is -2.37. The Morgan fingerprint density at radius 2 is 2.18 bits per heavy atom. The second-order valence-corrected chi connectivity index (χ2v) is 7.98. The Balaban J connectivity index is 2.08. The van der Waals surface area contributed by atoms with Crippen LogP contribution in [0.3, 0.4) is 0 Å². The van der Waals surface area contributed by atoms with Crippen LogP contribution >= 0.6 is 11.6 Å². The molecule has 1 aliphatic heterocycles. The zero-order valence-corrected chi connectivity index (χ0v) is 14.7. The molecule has 1 aromatic rings. The number of nitrogens with one attached hydrogen (secondary N) is 1. The van der Waals surface area contributed by atoms with Crippen molar-refractivity contribution >= 4 is 21.6 Å². The molecule has 1 N–H and O–H groups in total. The van der Waals surface area contributed by atoms with E-state index in [4.69, 9.17) is 16.3 Å². The van der Waals surface area contributed by atoms with E-state index in [1.165, 1.54) is 6.26 Å². The van der Waals surface area contributed by atoms with Gasteiger partial charge in [0, 0.05) is 18.6 Å². The Kier molecular flexibility index (Phi) is 5.71. The van der Waals surface area contributed by atoms with Crippen molar-refractivity contribution in [2.45, 2.75) is 31.8 Å². The number of hydrogen-bond acceptors (Lipinski definition) is 4. The summed E-state index contributed by atoms with van der Waals surface area (Å²) in [5.74, 6) is 0.660. The lowest BCUT2D eigenvalue weighted by Crippen LogP contribution is -2.47. The highest BCUT2D eigenvalue weighted by molar-refractivity contribution is 7.88. The maximum atomic E-state index is 11.4. The maximum Gasteiger partial charge on any atom is 0.208 e. The summed E-state index contributed by atoms with van der Waals surface area (Å²) in [4.78, 5) is 2.28. The number of rotatable bonds is 5. The van der Waals surface area contributed by atoms with Gasteiger partial charge in [0.05, 0.1) is 18.4 Å². The monoisotopic (exact) mass is 346 g/mol. The van der Waals surface area contributed by atoms with E-state index in [-0.39, 0.29) is 12.1 Å². The van der Waals surface area contributed by atoms with Crippen molar-refractivity contribution in [2.24, 2.45) is 0 Å². The number of methoxy groups -OCH3 is 1. The van der Waals surface area contributed by atoms with Crippen LogP contribution in [0, 0.1) is 0 Å². The van der Waals surface area contributed by atoms with Crippen molar-refractivity contribution in [3.63, 3.8) is 0 Å². The Morgan fingerprint density at radius 1 is 1.45 bits per heavy atom. The number of hydrogen-bond donors (Lipinski definition) is 1. The van der Waals surface area contributed by atoms with Gasteiger partial charge in [-0.1, -0.05) is 17.7 Å². The SMILES string of the molecule is COc1ccc([C@@H](C)N2CCC[C@@H](NS(C)(=O)=O)C2)cc1Cl. The summed E-state index contributed by atoms with van der Waals surface area (Å²) in [6, 6.07) is 5.93. The van der Waals surface area contributed by atoms with Crippen molar-refractivity contribution in [1.29, 1.82) is 0 Å². The van der Waals surface area contributed by atoms with Gasteiger partial charge in [-0.05, 0) is 44.0 Å². The van der Waals surface area contributed by atoms with E-state index in [1.807, 2.05) is 18.2 Å². The number of halogens is 1. The van der Waals surface area contributed by atoms with Crippen molar-refractivity contribution < 1.29 is 13.2 Å². The van der Waals surface area contributed by atoms with Gasteiger partial charge in [-0.2, -0.15) is 0 Å². The molecule has 0 aliphatic carbocycles. The summed E-state index contributed by atoms with van der Waals surface area (Å²) in [7, 11) is -1.57. The van der Waals surface area contributed by atoms with Crippen molar-refractivity contribution in [3.8, 4) is 5.75 Å². The molecule has 2 rings (SSSR count). The highest BCUT2D eigenvalue weighted by Crippen LogP contribution is 2.31. The van der Waals surface area contributed by atoms with Gasteiger partial charge in [0.25, 0.3) is 0 Å². The molecule has 1 aliphatic rings. The third-order valence-corrected chi connectivity index (χ3v) is 5.10. The minimum absolute atomic E-state index is 0.0279. The van der Waals surface area contributed by atoms with Gasteiger partial charge >= 0.3 is 0 Å². The van der Waals surface area contributed by atoms with Crippen molar-refractivity contribution in [1.82, 2.24) is 9.62 Å². The topological polar surface area (TPSA) is 58.6 Å². The van der Waals surface area contributed by atoms with Crippen LogP contribution in [0.1, 0.15) is 31.4 Å². The van der Waals surface area contributed by atoms with Crippen LogP contribution in [0.25, 0.3) is 0 Å². The number of sulfonamides is 1. The van der Waals surface area contributed by atoms with E-state index >= 15 is 0 Å². The number of nitrogens with zero attached hydrogens (tertiary/aromatic N) is 1. The molecule has 0 unspecified atom stereocenters. The average molecular weight is 347 g/mol. The van der Waals surface area contributed by atoms with Crippen LogP contribution in [0.4, 0.5) is 0 Å². The molecule has 1 heterocycles. The van der Waals surface area contributed by atoms with E-state index in [0.717, 1.165) is 24.9 Å². The van der Waals surface area contributed by atoms with Gasteiger partial charge in [-0.15, -0.1) is 0 Å². The predicted octanol–water partition coefficient (Wildman–Crippen LogP) is 2.42. The van der Waals surface area contributed by atoms with Crippen LogP contribution in [-0.4, -0.2) is 45.8 Å². The van der Waals surface area contributed by atoms with Crippen molar-refractivity contribution in [2.75, 3.05) is 26.5 Å². The minimum atomic E-state index is -3.17. The van der Waals surface area contributed by atoms with E-state index in [0.29, 0.717) is 17.3 Å². The highest BCUT2D eigenvalue weighted by atomic mass is 35.5. The molecule has 1 saturated heterocycles. The van der Waals surface area contributed by atoms with E-state index in [2.05, 4.69) is 16.5 Å². The van der Waals surface area contributed by atoms with Crippen LogP contribution < -0.4 is 9.46 Å². The minimum Gasteiger partial charge on any atom is -0.495 e. The maximum absolute atomic E-state index is 11.4. The Labute approximate surface area is 137 Å². The van der Waals surface area contributed by atoms with Gasteiger partial charge in [0.2, 0.25) is 10.0 Å². The van der Waals surface area contributed by atoms with Gasteiger partial charge < -0.3 is 4.74 Å². The Bertz CT molecular complexity index is 621. The van der Waals surface area contributed by atoms with Crippen LogP contribution in [0.2, 0.25) is 5.02 Å². The molecule has 0 saturated carbocycles. The molecule has 0 amide bonds. The highest BCUT2D eigenvalue weighted by Gasteiger charge is 2.26. The van der Waals surface area contributed by atoms with E-state index in [1.54, 1.807) is 7.11 Å². The quantitative estimate of drug-likeness (QED) is 0.889. The zero-order valence-electron chi connectivity index (χ0n) is 13.2. The molecular formula is C15H23ClN2O3S. The number of benzene rings is 1. The number of piperidine rings is 1. The lowest BCUT2D eigenvalue weighted by atomic mass is 10.0. The second kappa shape index (κ2) is 7.17. The summed E-state index contributed by atoms with van der Waals surface area (Å²) < 4.78 is 30.7. The summed E-state index contributed by atoms with van der Waals surface area (Å²) in [5.41, 5.74) is 1.10. The third kappa shape index (κ3) is 4.59. The Morgan fingerprint density at radius 3 is 2.77 bits per heavy atom. The molecule has 124 valence electrons. The molecule has 2 atom stereocenters. The molecule has 0 bridgehead atoms. The second-order valence-electron chi connectivity index (χ2n) is 5.79. The Hall–Kier alpha value is -0.820. The molecule has 7 heteroatoms. The molecule has 5 nitrogen and oxygen atoms in total. The van der Waals surface area contributed by atoms with Gasteiger partial charge in [-0.3, -0.25) is 4.90 Å². The fourth-order valence-electron chi connectivity index (χ4n) is 2.91. The predicted molar refractivity (Wildman–Crippen MR) is 89.0 cm³/mol. The van der Waals surface area contributed by atoms with Gasteiger partial charge in [0.1, 0.15) is 5.75 Å². The van der Waals surface area contributed by atoms with Crippen LogP contribution in [-0.2, 0) is 10.0 Å². The molecule has 0 radical (unpaired) electrons. The van der Waals surface area contributed by atoms with Crippen LogP contribution in [0.15, 0.2) is 18.2 Å². The van der Waals surface area contributed by atoms with Gasteiger partial charge in [-0.25, -0.2) is 13.1 Å². The normalized spacial score (nSPS) is 21.5. The van der Waals surface area contributed by atoms with E-state index in [9.17, 15) is 8.42 Å². The van der Waals surface area contributed by atoms with Crippen molar-refractivity contribution in [3.05, 3.63) is 28.8 Å². The fourth-order valence-corrected chi connectivity index (χ4v) is 3.97. The van der Waals surface area contributed by atoms with Crippen LogP contribution in [0.5, 0.6) is 5.75 Å². The zero-order chi connectivity index (χ0) is 16.3. The molecule has 22 heavy (non-hydrogen) atoms. The summed E-state index contributed by atoms with van der Waals surface area (Å²) in [6.45, 7) is 3.77. The molecule has 1 fully saturated rings. The number of ether oxygens (including phenoxy) is 1. The third-order valence-electron chi connectivity index (χ3n) is 4.04. The fraction of sp³-hybridized carbons (Fsp3) is 0.600. The summed E-state index contributed by atoms with van der Waals surface area (Å²) >= 11 is 6.19. The summed E-state index contributed by atoms with van der Waals surface area (Å²) in [5, 5.41) is 0.592. The average Bonchev–Trinajstić information content (AvgIpc) is 2.45. The molecule has 0 aromatic heterocycles. The first kappa shape index (κ1) is 17.5. The van der Waals surface area contributed by atoms with E-state index < -0.39 is 10.0 Å². The first-order valence-corrected chi connectivity index (χ1v) is 9.62. The van der Waals surface area contributed by atoms with Gasteiger partial charge in [0.15, 0.2) is 0 Å². The standard InChI is InChI=1S/C15H23ClN2O3S/c1-11(12-6-7-15(21-2)14(16)9-12)18-8-4-5-13(10-18)17-22(3,19)20/h6-7,9,11,13,17H,4-5,8,10H2,1-3H3/t11-,13-/m1/s1. The largest absolute Gasteiger partial charge is 0.495 e. The first-order valence-electron chi connectivity index (χ1n) is 7.35. The molecule has 1 aromatic carbocycles. The first-order chi connectivity index (χ1) is 10.3. The number of likely N-dealkylation sites (tertiary alicyclic amines) is 1.